The van der Waals surface area contributed by atoms with Crippen molar-refractivity contribution in [2.75, 3.05) is 38.0 Å². The minimum atomic E-state index is 0.0804. The Morgan fingerprint density at radius 3 is 1.10 bits per heavy atom. The Morgan fingerprint density at radius 2 is 0.821 bits per heavy atom. The topological polar surface area (TPSA) is 18.8 Å². The number of hydrogen-bond acceptors (Lipinski definition) is 3. The molecule has 0 spiro atoms. The van der Waals surface area contributed by atoms with Crippen LogP contribution in [0, 0.1) is 17.8 Å². The molecule has 3 nitrogen and oxygen atoms in total. The normalized spacial score (nSPS) is 20.0. The molecule has 0 heterocycles. The fraction of sp³-hybridized carbons (Fsp3) is 0.639. The maximum absolute atomic E-state index is 6.26. The Balaban J connectivity index is 1.70. The van der Waals surface area contributed by atoms with Crippen molar-refractivity contribution >= 4 is 17.1 Å². The van der Waals surface area contributed by atoms with E-state index in [0.29, 0.717) is 0 Å². The summed E-state index contributed by atoms with van der Waals surface area (Å²) in [6, 6.07) is 18.5. The van der Waals surface area contributed by atoms with Gasteiger partial charge in [-0.3, -0.25) is 4.99 Å². The first kappa shape index (κ1) is 28.2. The second-order valence-corrected chi connectivity index (χ2v) is 13.2. The van der Waals surface area contributed by atoms with Gasteiger partial charge in [0.15, 0.2) is 0 Å². The molecular formula is C36H53N3. The van der Waals surface area contributed by atoms with E-state index >= 15 is 0 Å². The first-order valence-corrected chi connectivity index (χ1v) is 16.1. The quantitative estimate of drug-likeness (QED) is 0.319. The molecule has 3 heteroatoms. The van der Waals surface area contributed by atoms with Gasteiger partial charge in [-0.05, 0) is 80.5 Å². The zero-order valence-corrected chi connectivity index (χ0v) is 25.3. The van der Waals surface area contributed by atoms with Gasteiger partial charge in [-0.1, -0.05) is 82.1 Å². The van der Waals surface area contributed by atoms with Gasteiger partial charge in [0, 0.05) is 50.7 Å². The van der Waals surface area contributed by atoms with Crippen molar-refractivity contribution in [3.8, 4) is 0 Å². The number of hydrogen-bond donors (Lipinski definition) is 0. The molecule has 0 aliphatic heterocycles. The monoisotopic (exact) mass is 527 g/mol. The van der Waals surface area contributed by atoms with Crippen LogP contribution in [0.5, 0.6) is 0 Å². The zero-order chi connectivity index (χ0) is 27.2. The summed E-state index contributed by atoms with van der Waals surface area (Å²) < 4.78 is 0. The van der Waals surface area contributed by atoms with Crippen LogP contribution in [0.3, 0.4) is 0 Å². The summed E-state index contributed by atoms with van der Waals surface area (Å²) in [5.41, 5.74) is 6.39. The summed E-state index contributed by atoms with van der Waals surface area (Å²) in [5.74, 6) is 2.19. The van der Waals surface area contributed by atoms with Crippen molar-refractivity contribution in [2.45, 2.75) is 102 Å². The highest BCUT2D eigenvalue weighted by Crippen LogP contribution is 2.53. The van der Waals surface area contributed by atoms with E-state index in [-0.39, 0.29) is 5.54 Å². The molecule has 0 atom stereocenters. The van der Waals surface area contributed by atoms with Crippen molar-refractivity contribution < 1.29 is 0 Å². The molecule has 2 aromatic rings. The number of nitrogens with zero attached hydrogens (tertiary/aromatic N) is 3. The number of aliphatic imine (C=N–C) groups is 1. The Hall–Kier alpha value is -2.29. The van der Waals surface area contributed by atoms with Crippen molar-refractivity contribution in [1.29, 1.82) is 0 Å². The lowest BCUT2D eigenvalue weighted by Gasteiger charge is -2.52. The lowest BCUT2D eigenvalue weighted by atomic mass is 9.56. The molecule has 39 heavy (non-hydrogen) atoms. The van der Waals surface area contributed by atoms with Crippen molar-refractivity contribution in [1.82, 2.24) is 0 Å². The van der Waals surface area contributed by atoms with E-state index in [1.807, 2.05) is 0 Å². The van der Waals surface area contributed by atoms with E-state index in [2.05, 4.69) is 86.5 Å². The third-order valence-electron chi connectivity index (χ3n) is 10.4. The van der Waals surface area contributed by atoms with Gasteiger partial charge in [0.25, 0.3) is 0 Å². The Morgan fingerprint density at radius 1 is 0.513 bits per heavy atom. The molecule has 0 saturated heterocycles. The van der Waals surface area contributed by atoms with Crippen LogP contribution in [0.15, 0.2) is 53.5 Å². The molecule has 0 amide bonds. The van der Waals surface area contributed by atoms with E-state index in [4.69, 9.17) is 4.99 Å². The average molecular weight is 528 g/mol. The van der Waals surface area contributed by atoms with E-state index in [1.54, 1.807) is 0 Å². The van der Waals surface area contributed by atoms with Gasteiger partial charge in [0.2, 0.25) is 0 Å². The van der Waals surface area contributed by atoms with E-state index in [0.717, 1.165) is 17.8 Å². The Bertz CT molecular complexity index is 948. The molecule has 3 aliphatic carbocycles. The molecule has 3 fully saturated rings. The highest BCUT2D eigenvalue weighted by molar-refractivity contribution is 6.13. The van der Waals surface area contributed by atoms with Crippen LogP contribution in [0.25, 0.3) is 0 Å². The van der Waals surface area contributed by atoms with Crippen molar-refractivity contribution in [2.24, 2.45) is 22.7 Å². The summed E-state index contributed by atoms with van der Waals surface area (Å²) in [6.07, 6.45) is 20.9. The molecule has 212 valence electrons. The fourth-order valence-electron chi connectivity index (χ4n) is 8.29. The van der Waals surface area contributed by atoms with Gasteiger partial charge in [-0.25, -0.2) is 0 Å². The molecule has 0 bridgehead atoms. The first-order chi connectivity index (χ1) is 19.0. The molecule has 0 radical (unpaired) electrons. The van der Waals surface area contributed by atoms with Crippen molar-refractivity contribution in [3.05, 3.63) is 59.7 Å². The second-order valence-electron chi connectivity index (χ2n) is 13.2. The number of rotatable bonds is 8. The van der Waals surface area contributed by atoms with Gasteiger partial charge in [0.05, 0.1) is 11.3 Å². The summed E-state index contributed by atoms with van der Waals surface area (Å²) >= 11 is 0. The van der Waals surface area contributed by atoms with E-state index < -0.39 is 0 Å². The average Bonchev–Trinajstić information content (AvgIpc) is 2.99. The SMILES string of the molecule is CN(C)c1ccc(C(=NC(C2CCCCC2)(C2CCCCC2)C2CCCCC2)c2ccc(N(C)C)cc2)cc1. The summed E-state index contributed by atoms with van der Waals surface area (Å²) in [4.78, 5) is 10.7. The maximum atomic E-state index is 6.26. The summed E-state index contributed by atoms with van der Waals surface area (Å²) in [7, 11) is 8.52. The molecule has 3 saturated carbocycles. The maximum Gasteiger partial charge on any atom is 0.0726 e. The van der Waals surface area contributed by atoms with Gasteiger partial charge >= 0.3 is 0 Å². The predicted molar refractivity (Wildman–Crippen MR) is 170 cm³/mol. The van der Waals surface area contributed by atoms with Gasteiger partial charge in [-0.15, -0.1) is 0 Å². The smallest absolute Gasteiger partial charge is 0.0726 e. The van der Waals surface area contributed by atoms with Crippen LogP contribution in [0.1, 0.15) is 107 Å². The molecule has 5 rings (SSSR count). The number of anilines is 2. The largest absolute Gasteiger partial charge is 0.378 e. The predicted octanol–water partition coefficient (Wildman–Crippen LogP) is 9.14. The van der Waals surface area contributed by atoms with E-state index in [9.17, 15) is 0 Å². The molecule has 3 aliphatic rings. The van der Waals surface area contributed by atoms with Crippen LogP contribution in [0.4, 0.5) is 11.4 Å². The highest BCUT2D eigenvalue weighted by atomic mass is 15.1. The third kappa shape index (κ3) is 6.23. The zero-order valence-electron chi connectivity index (χ0n) is 25.3. The third-order valence-corrected chi connectivity index (χ3v) is 10.4. The van der Waals surface area contributed by atoms with Gasteiger partial charge in [0.1, 0.15) is 0 Å². The van der Waals surface area contributed by atoms with Crippen LogP contribution in [0.2, 0.25) is 0 Å². The highest BCUT2D eigenvalue weighted by Gasteiger charge is 2.51. The second kappa shape index (κ2) is 12.9. The minimum Gasteiger partial charge on any atom is -0.378 e. The summed E-state index contributed by atoms with van der Waals surface area (Å²) in [5, 5.41) is 0. The standard InChI is InChI=1S/C36H53N3/c1-38(2)33-24-20-28(21-25-33)35(29-22-26-34(27-23-29)39(3)4)37-36(30-14-8-5-9-15-30,31-16-10-6-11-17-31)32-18-12-7-13-19-32/h20-27,30-32H,5-19H2,1-4H3. The van der Waals surface area contributed by atoms with E-state index in [1.165, 1.54) is 125 Å². The molecule has 0 unspecified atom stereocenters. The molecule has 0 aromatic heterocycles. The van der Waals surface area contributed by atoms with Crippen LogP contribution in [-0.2, 0) is 0 Å². The van der Waals surface area contributed by atoms with Crippen molar-refractivity contribution in [3.63, 3.8) is 0 Å². The lowest BCUT2D eigenvalue weighted by Crippen LogP contribution is -2.52. The van der Waals surface area contributed by atoms with Gasteiger partial charge < -0.3 is 9.80 Å². The molecule has 2 aromatic carbocycles. The first-order valence-electron chi connectivity index (χ1n) is 16.1. The Labute approximate surface area is 239 Å². The molecule has 0 N–H and O–H groups in total. The fourth-order valence-corrected chi connectivity index (χ4v) is 8.29. The van der Waals surface area contributed by atoms with Gasteiger partial charge in [-0.2, -0.15) is 0 Å². The molecular weight excluding hydrogens is 474 g/mol. The lowest BCUT2D eigenvalue weighted by molar-refractivity contribution is 0.0350. The van der Waals surface area contributed by atoms with Crippen LogP contribution < -0.4 is 9.80 Å². The summed E-state index contributed by atoms with van der Waals surface area (Å²) in [6.45, 7) is 0. The van der Waals surface area contributed by atoms with Crippen LogP contribution >= 0.6 is 0 Å². The number of benzene rings is 2. The minimum absolute atomic E-state index is 0.0804. The van der Waals surface area contributed by atoms with Crippen LogP contribution in [-0.4, -0.2) is 39.4 Å². The Kier molecular flexibility index (Phi) is 9.36.